The molecule has 3 aliphatic rings. The highest BCUT2D eigenvalue weighted by Gasteiger charge is 2.56. The lowest BCUT2D eigenvalue weighted by Gasteiger charge is -2.34. The van der Waals surface area contributed by atoms with Crippen LogP contribution in [0.25, 0.3) is 0 Å². The van der Waals surface area contributed by atoms with Gasteiger partial charge in [0.15, 0.2) is 58.7 Å². The number of phenolic OH excluding ortho intramolecular Hbond substituents is 8. The van der Waals surface area contributed by atoms with Crippen LogP contribution in [0, 0.1) is 0 Å². The predicted octanol–water partition coefficient (Wildman–Crippen LogP) is 0.878. The van der Waals surface area contributed by atoms with Crippen LogP contribution in [0.3, 0.4) is 0 Å². The van der Waals surface area contributed by atoms with E-state index in [9.17, 15) is 84.7 Å². The van der Waals surface area contributed by atoms with Crippen molar-refractivity contribution in [1.29, 1.82) is 0 Å². The zero-order valence-electron chi connectivity index (χ0n) is 45.4. The molecule has 464 valence electrons. The predicted molar refractivity (Wildman–Crippen MR) is 286 cm³/mol. The first-order valence-electron chi connectivity index (χ1n) is 25.5. The highest BCUT2D eigenvalue weighted by molar-refractivity contribution is 7.52. The van der Waals surface area contributed by atoms with E-state index in [4.69, 9.17) is 43.6 Å². The summed E-state index contributed by atoms with van der Waals surface area (Å²) in [5.41, 5.74) is 0.837. The molecule has 1 amide bonds. The summed E-state index contributed by atoms with van der Waals surface area (Å²) in [6, 6.07) is 14.0. The largest absolute Gasteiger partial charge is 0.508 e. The number of carbonyl (C=O) groups excluding carboxylic acids is 3. The molecule has 6 aromatic rings. The quantitative estimate of drug-likeness (QED) is 0.0363. The van der Waals surface area contributed by atoms with Gasteiger partial charge in [-0.05, 0) is 64.1 Å². The van der Waals surface area contributed by atoms with Crippen LogP contribution in [0.2, 0.25) is 0 Å². The van der Waals surface area contributed by atoms with Crippen molar-refractivity contribution in [3.05, 3.63) is 129 Å². The number of carbonyl (C=O) groups is 3. The second-order valence-electron chi connectivity index (χ2n) is 19.7. The van der Waals surface area contributed by atoms with Gasteiger partial charge in [0.2, 0.25) is 5.82 Å². The highest BCUT2D eigenvalue weighted by atomic mass is 31.2. The number of halogens is 1. The molecule has 16 N–H and O–H groups in total. The minimum Gasteiger partial charge on any atom is -0.508 e. The number of aliphatic hydroxyl groups is 4. The Morgan fingerprint density at radius 2 is 1.50 bits per heavy atom. The van der Waals surface area contributed by atoms with Crippen molar-refractivity contribution >= 4 is 25.6 Å². The van der Waals surface area contributed by atoms with Gasteiger partial charge in [-0.25, -0.2) is 28.2 Å². The molecule has 9 rings (SSSR count). The van der Waals surface area contributed by atoms with Gasteiger partial charge in [-0.2, -0.15) is 5.09 Å². The van der Waals surface area contributed by atoms with Crippen molar-refractivity contribution < 1.29 is 117 Å². The van der Waals surface area contributed by atoms with Gasteiger partial charge in [0.25, 0.3) is 11.5 Å². The summed E-state index contributed by atoms with van der Waals surface area (Å²) in [5, 5.41) is 123. The molecule has 5 heterocycles. The number of esters is 2. The molecule has 3 aliphatic heterocycles. The second kappa shape index (κ2) is 26.5. The maximum absolute atomic E-state index is 15.4. The number of primary amides is 1. The topological polar surface area (TPSA) is 499 Å². The fourth-order valence-electron chi connectivity index (χ4n) is 8.63. The normalized spacial score (nSPS) is 24.1. The molecule has 34 heteroatoms. The maximum Gasteiger partial charge on any atom is 0.459 e. The Labute approximate surface area is 483 Å². The number of ether oxygens (including phenoxy) is 5. The number of phenols is 8. The Kier molecular flexibility index (Phi) is 19.9. The van der Waals surface area contributed by atoms with Gasteiger partial charge in [-0.15, -0.1) is 5.10 Å². The third kappa shape index (κ3) is 14.7. The molecule has 0 aliphatic carbocycles. The number of para-hydroxylation sites is 1. The summed E-state index contributed by atoms with van der Waals surface area (Å²) in [6.45, 7) is 4.63. The van der Waals surface area contributed by atoms with E-state index in [0.717, 1.165) is 65.1 Å². The van der Waals surface area contributed by atoms with Crippen LogP contribution in [0.15, 0.2) is 94.9 Å². The lowest BCUT2D eigenvalue weighted by molar-refractivity contribution is -0.149. The van der Waals surface area contributed by atoms with Crippen LogP contribution in [0.4, 0.5) is 4.39 Å². The van der Waals surface area contributed by atoms with Crippen LogP contribution < -0.4 is 31.3 Å². The number of hydrogen-bond donors (Lipinski definition) is 15. The summed E-state index contributed by atoms with van der Waals surface area (Å²) in [7, 11) is -4.30. The third-order valence-electron chi connectivity index (χ3n) is 12.9. The molecular formula is C52H59FN7O25P. The fraction of sp³-hybridized carbons (Fsp3) is 0.365. The van der Waals surface area contributed by atoms with Crippen LogP contribution in [-0.2, 0) is 39.3 Å². The number of fused-ring (bicyclic) bond motifs is 1. The molecule has 12 atom stereocenters. The van der Waals surface area contributed by atoms with E-state index < -0.39 is 158 Å². The van der Waals surface area contributed by atoms with E-state index in [0.29, 0.717) is 0 Å². The molecule has 2 saturated heterocycles. The number of nitrogens with one attached hydrogen (secondary N) is 2. The Morgan fingerprint density at radius 1 is 0.872 bits per heavy atom. The van der Waals surface area contributed by atoms with Crippen molar-refractivity contribution in [2.45, 2.75) is 107 Å². The molecule has 86 heavy (non-hydrogen) atoms. The average Bonchev–Trinajstić information content (AvgIpc) is 1.48. The summed E-state index contributed by atoms with van der Waals surface area (Å²) in [4.78, 5) is 64.8. The SMILES string of the molecule is CC(C)OC(=O)[C@H](C)N[P@](=O)(OC[C@H]1O[C@@H](n2ccc(=O)[nH]c2=O)[C@](C)(F)[C@@H]1O)Oc1ccccc1.NC(=O)c1ncn([C@@H]2O[C@H](CO)[C@@H](O)[C@H]2O)n1.O=C(O[C@@H]1Cc2c(O)cc(O)cc2O[C@@H]1c1cc(O)c(O)c(O)c1)c1cc(O)c(O)c(O)c1. The van der Waals surface area contributed by atoms with Crippen molar-refractivity contribution in [3.8, 4) is 57.5 Å². The first kappa shape index (κ1) is 64.5. The number of nitrogens with two attached hydrogens (primary N) is 1. The number of aromatic amines is 1. The highest BCUT2D eigenvalue weighted by Crippen LogP contribution is 2.49. The number of amides is 1. The lowest BCUT2D eigenvalue weighted by atomic mass is 9.93. The summed E-state index contributed by atoms with van der Waals surface area (Å²) in [6.07, 6.45) is -9.96. The number of alkyl halides is 1. The summed E-state index contributed by atoms with van der Waals surface area (Å²) < 4.78 is 68.9. The van der Waals surface area contributed by atoms with E-state index in [2.05, 4.69) is 15.2 Å². The van der Waals surface area contributed by atoms with Gasteiger partial charge in [-0.1, -0.05) is 18.2 Å². The van der Waals surface area contributed by atoms with Crippen molar-refractivity contribution in [2.75, 3.05) is 13.2 Å². The van der Waals surface area contributed by atoms with E-state index in [-0.39, 0.29) is 51.9 Å². The van der Waals surface area contributed by atoms with E-state index in [1.807, 2.05) is 4.98 Å². The van der Waals surface area contributed by atoms with Crippen LogP contribution in [0.5, 0.6) is 57.5 Å². The molecule has 0 unspecified atom stereocenters. The van der Waals surface area contributed by atoms with Crippen molar-refractivity contribution in [2.24, 2.45) is 5.73 Å². The van der Waals surface area contributed by atoms with Crippen LogP contribution in [0.1, 0.15) is 78.4 Å². The zero-order chi connectivity index (χ0) is 63.3. The number of aromatic nitrogens is 5. The molecule has 0 saturated carbocycles. The van der Waals surface area contributed by atoms with Crippen LogP contribution >= 0.6 is 7.75 Å². The van der Waals surface area contributed by atoms with E-state index in [1.54, 1.807) is 32.0 Å². The van der Waals surface area contributed by atoms with Crippen LogP contribution in [-0.4, -0.2) is 171 Å². The number of hydrogen-bond acceptors (Lipinski definition) is 27. The maximum atomic E-state index is 15.4. The molecular weight excluding hydrogens is 1170 g/mol. The Bertz CT molecular complexity index is 3560. The Balaban J connectivity index is 0.000000196. The lowest BCUT2D eigenvalue weighted by Crippen LogP contribution is -2.43. The third-order valence-corrected chi connectivity index (χ3v) is 14.6. The zero-order valence-corrected chi connectivity index (χ0v) is 46.3. The fourth-order valence-corrected chi connectivity index (χ4v) is 10.1. The average molecular weight is 1230 g/mol. The molecule has 4 aromatic carbocycles. The molecule has 0 radical (unpaired) electrons. The van der Waals surface area contributed by atoms with Gasteiger partial charge < -0.3 is 95.2 Å². The Morgan fingerprint density at radius 3 is 2.07 bits per heavy atom. The van der Waals surface area contributed by atoms with Crippen molar-refractivity contribution in [3.63, 3.8) is 0 Å². The number of rotatable bonds is 16. The molecule has 2 aromatic heterocycles. The van der Waals surface area contributed by atoms with Gasteiger partial charge >= 0.3 is 25.4 Å². The number of aromatic hydroxyl groups is 8. The van der Waals surface area contributed by atoms with E-state index >= 15 is 4.39 Å². The summed E-state index contributed by atoms with van der Waals surface area (Å²) in [5.74, 6) is -7.65. The smallest absolute Gasteiger partial charge is 0.459 e. The van der Waals surface area contributed by atoms with Gasteiger partial charge in [-0.3, -0.25) is 28.5 Å². The monoisotopic (exact) mass is 1230 g/mol. The molecule has 2 fully saturated rings. The second-order valence-corrected chi connectivity index (χ2v) is 21.4. The number of aliphatic hydroxyl groups excluding tert-OH is 4. The number of nitrogens with zero attached hydrogens (tertiary/aromatic N) is 4. The van der Waals surface area contributed by atoms with Crippen molar-refractivity contribution in [1.82, 2.24) is 29.4 Å². The van der Waals surface area contributed by atoms with E-state index in [1.165, 1.54) is 25.1 Å². The molecule has 32 nitrogen and oxygen atoms in total. The van der Waals surface area contributed by atoms with Gasteiger partial charge in [0.05, 0.1) is 24.9 Å². The molecule has 0 spiro atoms. The molecule has 0 bridgehead atoms. The minimum absolute atomic E-state index is 0.0526. The first-order chi connectivity index (χ1) is 40.4. The minimum atomic E-state index is -4.30. The first-order valence-corrected chi connectivity index (χ1v) is 27.0. The van der Waals surface area contributed by atoms with Gasteiger partial charge in [0.1, 0.15) is 72.0 Å². The number of H-pyrrole nitrogens is 1. The summed E-state index contributed by atoms with van der Waals surface area (Å²) >= 11 is 0. The number of benzene rings is 4. The van der Waals surface area contributed by atoms with Gasteiger partial charge in [0, 0.05) is 41.9 Å². The standard InChI is InChI=1S/C22H29FN3O9P.C22H18O11.C8H12N4O5/c1-13(2)33-19(29)14(3)25-36(31,35-15-8-6-5-7-9-15)32-12-16-18(28)22(4,23)20(34-16)26-11-10-17(27)24-21(26)30;23-10-5-12(24)11-7-18(33-22(31)9-3-15(27)20(30)16(28)4-9)21(32-17(11)6-10)8-1-13(25)19(29)14(26)2-8;9-6(16)7-10-2-12(11-7)8-5(15)4(14)3(1-13)17-8/h5-11,13-14,16,18,20,28H,12H2,1-4H3,(H,25,31)(H,24,27,30);1-6,18,21,23-30H,7H2;2-5,8,13-15H,1H2,(H2,9,16)/t14-,16+,18+,20+,22+,36-;18-,21-;3-,4-,5-,8-/m011/s1. The Hall–Kier alpha value is -9.05.